The molecule has 1 saturated heterocycles. The molecule has 1 aromatic carbocycles. The van der Waals surface area contributed by atoms with Crippen molar-refractivity contribution >= 4 is 5.91 Å². The number of nitrogens with one attached hydrogen (secondary N) is 1. The highest BCUT2D eigenvalue weighted by Gasteiger charge is 2.23. The molecule has 6 heteroatoms. The summed E-state index contributed by atoms with van der Waals surface area (Å²) in [6.07, 6.45) is 0.534. The van der Waals surface area contributed by atoms with Crippen LogP contribution in [0.15, 0.2) is 12.1 Å². The molecule has 0 radical (unpaired) electrons. The van der Waals surface area contributed by atoms with E-state index in [1.54, 1.807) is 7.11 Å². The Kier molecular flexibility index (Phi) is 3.88. The van der Waals surface area contributed by atoms with Crippen molar-refractivity contribution in [1.29, 1.82) is 0 Å². The Morgan fingerprint density at radius 3 is 3.10 bits per heavy atom. The minimum atomic E-state index is 0.118. The largest absolute Gasteiger partial charge is 0.493 e. The molecule has 21 heavy (non-hydrogen) atoms. The number of fused-ring (bicyclic) bond motifs is 1. The first kappa shape index (κ1) is 14.0. The predicted octanol–water partition coefficient (Wildman–Crippen LogP) is 1.13. The SMILES string of the molecule is COc1cc(CN2CCC(=O)NCC2C)cc2c1OCO2. The summed E-state index contributed by atoms with van der Waals surface area (Å²) < 4.78 is 16.2. The number of benzene rings is 1. The second kappa shape index (κ2) is 5.81. The number of carbonyl (C=O) groups excluding carboxylic acids is 1. The van der Waals surface area contributed by atoms with Crippen molar-refractivity contribution in [2.24, 2.45) is 0 Å². The van der Waals surface area contributed by atoms with Crippen molar-refractivity contribution in [3.63, 3.8) is 0 Å². The number of hydrogen-bond donors (Lipinski definition) is 1. The fraction of sp³-hybridized carbons (Fsp3) is 0.533. The van der Waals surface area contributed by atoms with E-state index in [9.17, 15) is 4.79 Å². The topological polar surface area (TPSA) is 60.0 Å². The molecule has 0 aliphatic carbocycles. The van der Waals surface area contributed by atoms with Gasteiger partial charge in [0.2, 0.25) is 18.4 Å². The first-order valence-electron chi connectivity index (χ1n) is 7.14. The number of nitrogens with zero attached hydrogens (tertiary/aromatic N) is 1. The van der Waals surface area contributed by atoms with E-state index in [4.69, 9.17) is 14.2 Å². The van der Waals surface area contributed by atoms with Gasteiger partial charge in [-0.1, -0.05) is 0 Å². The fourth-order valence-electron chi connectivity index (χ4n) is 2.69. The molecule has 1 N–H and O–H groups in total. The van der Waals surface area contributed by atoms with Gasteiger partial charge in [0.15, 0.2) is 11.5 Å². The van der Waals surface area contributed by atoms with E-state index in [1.165, 1.54) is 0 Å². The van der Waals surface area contributed by atoms with Gasteiger partial charge in [0.25, 0.3) is 0 Å². The van der Waals surface area contributed by atoms with Gasteiger partial charge in [0.1, 0.15) is 0 Å². The highest BCUT2D eigenvalue weighted by molar-refractivity contribution is 5.76. The summed E-state index contributed by atoms with van der Waals surface area (Å²) >= 11 is 0. The Balaban J connectivity index is 1.79. The molecule has 2 aliphatic rings. The van der Waals surface area contributed by atoms with Crippen molar-refractivity contribution in [3.8, 4) is 17.2 Å². The number of rotatable bonds is 3. The summed E-state index contributed by atoms with van der Waals surface area (Å²) in [5.41, 5.74) is 1.09. The monoisotopic (exact) mass is 292 g/mol. The molecule has 0 aromatic heterocycles. The molecule has 6 nitrogen and oxygen atoms in total. The van der Waals surface area contributed by atoms with E-state index >= 15 is 0 Å². The van der Waals surface area contributed by atoms with Crippen LogP contribution in [0, 0.1) is 0 Å². The third-order valence-electron chi connectivity index (χ3n) is 3.95. The zero-order valence-electron chi connectivity index (χ0n) is 12.3. The van der Waals surface area contributed by atoms with Crippen LogP contribution in [0.3, 0.4) is 0 Å². The normalized spacial score (nSPS) is 21.8. The molecular weight excluding hydrogens is 272 g/mol. The van der Waals surface area contributed by atoms with Crippen molar-refractivity contribution in [3.05, 3.63) is 17.7 Å². The van der Waals surface area contributed by atoms with E-state index < -0.39 is 0 Å². The van der Waals surface area contributed by atoms with Gasteiger partial charge in [-0.15, -0.1) is 0 Å². The van der Waals surface area contributed by atoms with E-state index in [0.29, 0.717) is 30.5 Å². The van der Waals surface area contributed by atoms with Gasteiger partial charge >= 0.3 is 0 Å². The number of methoxy groups -OCH3 is 1. The predicted molar refractivity (Wildman–Crippen MR) is 76.6 cm³/mol. The van der Waals surface area contributed by atoms with Gasteiger partial charge < -0.3 is 19.5 Å². The number of hydrogen-bond acceptors (Lipinski definition) is 5. The number of amides is 1. The average molecular weight is 292 g/mol. The first-order valence-corrected chi connectivity index (χ1v) is 7.14. The zero-order valence-corrected chi connectivity index (χ0v) is 12.3. The number of carbonyl (C=O) groups is 1. The second-order valence-corrected chi connectivity index (χ2v) is 5.41. The van der Waals surface area contributed by atoms with Crippen LogP contribution < -0.4 is 19.5 Å². The van der Waals surface area contributed by atoms with Crippen molar-refractivity contribution in [2.45, 2.75) is 25.9 Å². The van der Waals surface area contributed by atoms with Crippen LogP contribution >= 0.6 is 0 Å². The lowest BCUT2D eigenvalue weighted by Crippen LogP contribution is -2.37. The molecule has 0 saturated carbocycles. The Morgan fingerprint density at radius 1 is 1.43 bits per heavy atom. The number of ether oxygens (including phenoxy) is 3. The van der Waals surface area contributed by atoms with Gasteiger partial charge in [-0.2, -0.15) is 0 Å². The molecule has 1 unspecified atom stereocenters. The zero-order chi connectivity index (χ0) is 14.8. The summed E-state index contributed by atoms with van der Waals surface area (Å²) in [4.78, 5) is 13.8. The summed E-state index contributed by atoms with van der Waals surface area (Å²) in [7, 11) is 1.62. The fourth-order valence-corrected chi connectivity index (χ4v) is 2.69. The molecule has 1 amide bonds. The minimum absolute atomic E-state index is 0.118. The molecule has 0 spiro atoms. The average Bonchev–Trinajstić information content (AvgIpc) is 2.90. The maximum atomic E-state index is 11.5. The van der Waals surface area contributed by atoms with Crippen molar-refractivity contribution in [1.82, 2.24) is 10.2 Å². The first-order chi connectivity index (χ1) is 10.2. The molecule has 2 aliphatic heterocycles. The summed E-state index contributed by atoms with van der Waals surface area (Å²) in [5.74, 6) is 2.20. The van der Waals surface area contributed by atoms with Gasteiger partial charge in [-0.3, -0.25) is 9.69 Å². The smallest absolute Gasteiger partial charge is 0.231 e. The minimum Gasteiger partial charge on any atom is -0.493 e. The molecule has 1 aromatic rings. The Hall–Kier alpha value is -1.95. The van der Waals surface area contributed by atoms with Gasteiger partial charge in [-0.05, 0) is 24.6 Å². The Bertz CT molecular complexity index is 547. The maximum Gasteiger partial charge on any atom is 0.231 e. The van der Waals surface area contributed by atoms with E-state index in [-0.39, 0.29) is 12.7 Å². The van der Waals surface area contributed by atoms with Gasteiger partial charge in [0, 0.05) is 32.1 Å². The Morgan fingerprint density at radius 2 is 2.29 bits per heavy atom. The molecule has 3 rings (SSSR count). The van der Waals surface area contributed by atoms with Crippen LogP contribution in [0.2, 0.25) is 0 Å². The van der Waals surface area contributed by atoms with Crippen molar-refractivity contribution in [2.75, 3.05) is 27.0 Å². The van der Waals surface area contributed by atoms with Crippen LogP contribution in [0.5, 0.6) is 17.2 Å². The third-order valence-corrected chi connectivity index (χ3v) is 3.95. The van der Waals surface area contributed by atoms with E-state index in [0.717, 1.165) is 24.4 Å². The summed E-state index contributed by atoms with van der Waals surface area (Å²) in [5, 5.41) is 2.92. The third kappa shape index (κ3) is 2.90. The van der Waals surface area contributed by atoms with Gasteiger partial charge in [-0.25, -0.2) is 0 Å². The lowest BCUT2D eigenvalue weighted by Gasteiger charge is -2.26. The van der Waals surface area contributed by atoms with Crippen LogP contribution in [0.25, 0.3) is 0 Å². The van der Waals surface area contributed by atoms with Crippen molar-refractivity contribution < 1.29 is 19.0 Å². The maximum absolute atomic E-state index is 11.5. The lowest BCUT2D eigenvalue weighted by molar-refractivity contribution is -0.120. The molecular formula is C15H20N2O4. The summed E-state index contributed by atoms with van der Waals surface area (Å²) in [6.45, 7) is 4.54. The lowest BCUT2D eigenvalue weighted by atomic mass is 10.1. The van der Waals surface area contributed by atoms with Crippen LogP contribution in [-0.2, 0) is 11.3 Å². The quantitative estimate of drug-likeness (QED) is 0.905. The molecule has 2 heterocycles. The molecule has 1 atom stereocenters. The summed E-state index contributed by atoms with van der Waals surface area (Å²) in [6, 6.07) is 4.26. The van der Waals surface area contributed by atoms with Crippen LogP contribution in [0.4, 0.5) is 0 Å². The molecule has 1 fully saturated rings. The van der Waals surface area contributed by atoms with Crippen LogP contribution in [0.1, 0.15) is 18.9 Å². The van der Waals surface area contributed by atoms with Crippen LogP contribution in [-0.4, -0.2) is 43.8 Å². The van der Waals surface area contributed by atoms with E-state index in [1.807, 2.05) is 12.1 Å². The Labute approximate surface area is 124 Å². The highest BCUT2D eigenvalue weighted by atomic mass is 16.7. The second-order valence-electron chi connectivity index (χ2n) is 5.41. The molecule has 0 bridgehead atoms. The molecule has 114 valence electrons. The highest BCUT2D eigenvalue weighted by Crippen LogP contribution is 2.42. The van der Waals surface area contributed by atoms with Gasteiger partial charge in [0.05, 0.1) is 7.11 Å². The van der Waals surface area contributed by atoms with E-state index in [2.05, 4.69) is 17.1 Å². The standard InChI is InChI=1S/C15H20N2O4/c1-10-7-16-14(18)3-4-17(10)8-11-5-12(19-2)15-13(6-11)20-9-21-15/h5-6,10H,3-4,7-9H2,1-2H3,(H,16,18).